The third-order valence-corrected chi connectivity index (χ3v) is 7.33. The van der Waals surface area contributed by atoms with E-state index in [9.17, 15) is 4.79 Å². The highest BCUT2D eigenvalue weighted by atomic mass is 16.5. The highest BCUT2D eigenvalue weighted by Crippen LogP contribution is 2.38. The molecule has 1 aliphatic heterocycles. The number of anilines is 2. The van der Waals surface area contributed by atoms with E-state index in [-0.39, 0.29) is 11.5 Å². The molecule has 1 fully saturated rings. The molecule has 3 aromatic rings. The third kappa shape index (κ3) is 8.55. The van der Waals surface area contributed by atoms with Gasteiger partial charge in [-0.2, -0.15) is 0 Å². The number of nitrogens with zero attached hydrogens (tertiary/aromatic N) is 7. The maximum atomic E-state index is 10.9. The lowest BCUT2D eigenvalue weighted by Gasteiger charge is -2.30. The molecule has 0 bridgehead atoms. The summed E-state index contributed by atoms with van der Waals surface area (Å²) in [6, 6.07) is 10.00. The molecular formula is C32H44N8O2. The Morgan fingerprint density at radius 3 is 2.55 bits per heavy atom. The van der Waals surface area contributed by atoms with Gasteiger partial charge in [-0.1, -0.05) is 6.07 Å². The second-order valence-corrected chi connectivity index (χ2v) is 11.7. The Labute approximate surface area is 249 Å². The van der Waals surface area contributed by atoms with Crippen molar-refractivity contribution in [3.8, 4) is 11.5 Å². The lowest BCUT2D eigenvalue weighted by atomic mass is 9.96. The van der Waals surface area contributed by atoms with Crippen LogP contribution in [0.25, 0.3) is 11.5 Å². The largest absolute Gasteiger partial charge is 0.376 e. The van der Waals surface area contributed by atoms with E-state index in [0.717, 1.165) is 62.3 Å². The molecule has 0 radical (unpaired) electrons. The number of carbonyl (C=O) groups is 1. The molecule has 0 saturated carbocycles. The van der Waals surface area contributed by atoms with Gasteiger partial charge in [-0.05, 0) is 89.4 Å². The average molecular weight is 573 g/mol. The molecule has 0 spiro atoms. The lowest BCUT2D eigenvalue weighted by Crippen LogP contribution is -2.31. The van der Waals surface area contributed by atoms with Crippen molar-refractivity contribution in [2.24, 2.45) is 4.99 Å². The maximum Gasteiger partial charge on any atom is 0.207 e. The first kappa shape index (κ1) is 31.0. The van der Waals surface area contributed by atoms with Gasteiger partial charge in [0.05, 0.1) is 5.60 Å². The van der Waals surface area contributed by atoms with Gasteiger partial charge in [0.1, 0.15) is 11.4 Å². The number of hydrogen-bond acceptors (Lipinski definition) is 9. The third-order valence-electron chi connectivity index (χ3n) is 7.33. The fourth-order valence-electron chi connectivity index (χ4n) is 5.18. The Hall–Kier alpha value is -3.92. The van der Waals surface area contributed by atoms with Crippen LogP contribution in [0.4, 0.5) is 17.3 Å². The van der Waals surface area contributed by atoms with Gasteiger partial charge < -0.3 is 19.9 Å². The molecule has 42 heavy (non-hydrogen) atoms. The minimum atomic E-state index is -0.223. The Morgan fingerprint density at radius 2 is 1.86 bits per heavy atom. The number of aliphatic imine (C=N–C) groups is 1. The number of carbonyl (C=O) groups excluding carboxylic acids is 1. The molecular weight excluding hydrogens is 528 g/mol. The molecule has 10 heteroatoms. The predicted octanol–water partition coefficient (Wildman–Crippen LogP) is 5.32. The summed E-state index contributed by atoms with van der Waals surface area (Å²) in [4.78, 5) is 39.1. The molecule has 1 amide bonds. The Balaban J connectivity index is 1.72. The molecule has 4 rings (SSSR count). The van der Waals surface area contributed by atoms with Crippen LogP contribution in [0.1, 0.15) is 70.1 Å². The predicted molar refractivity (Wildman–Crippen MR) is 169 cm³/mol. The molecule has 1 N–H and O–H groups in total. The summed E-state index contributed by atoms with van der Waals surface area (Å²) in [5, 5.41) is 2.79. The van der Waals surface area contributed by atoms with Crippen LogP contribution in [0.15, 0.2) is 47.7 Å². The van der Waals surface area contributed by atoms with Crippen LogP contribution >= 0.6 is 0 Å². The molecule has 1 saturated heterocycles. The van der Waals surface area contributed by atoms with E-state index >= 15 is 0 Å². The van der Waals surface area contributed by atoms with Crippen molar-refractivity contribution >= 4 is 30.5 Å². The van der Waals surface area contributed by atoms with Gasteiger partial charge in [0.2, 0.25) is 6.41 Å². The van der Waals surface area contributed by atoms with Crippen molar-refractivity contribution in [2.75, 3.05) is 43.1 Å². The topological polar surface area (TPSA) is 109 Å². The number of amides is 1. The monoisotopic (exact) mass is 572 g/mol. The van der Waals surface area contributed by atoms with Gasteiger partial charge in [-0.25, -0.2) is 15.0 Å². The van der Waals surface area contributed by atoms with Crippen molar-refractivity contribution in [1.82, 2.24) is 25.3 Å². The van der Waals surface area contributed by atoms with Crippen LogP contribution in [0.3, 0.4) is 0 Å². The van der Waals surface area contributed by atoms with E-state index in [4.69, 9.17) is 19.7 Å². The zero-order valence-electron chi connectivity index (χ0n) is 25.4. The number of ether oxygens (including phenoxy) is 1. The summed E-state index contributed by atoms with van der Waals surface area (Å²) in [6.07, 6.45) is 9.30. The molecule has 1 unspecified atom stereocenters. The molecule has 1 aliphatic rings. The molecule has 3 aromatic heterocycles. The van der Waals surface area contributed by atoms with Crippen molar-refractivity contribution in [3.05, 3.63) is 54.0 Å². The first-order valence-electron chi connectivity index (χ1n) is 14.8. The van der Waals surface area contributed by atoms with Gasteiger partial charge in [0.15, 0.2) is 17.5 Å². The quantitative estimate of drug-likeness (QED) is 0.157. The van der Waals surface area contributed by atoms with Crippen LogP contribution in [0.5, 0.6) is 0 Å². The van der Waals surface area contributed by atoms with Crippen molar-refractivity contribution in [1.29, 1.82) is 0 Å². The highest BCUT2D eigenvalue weighted by molar-refractivity contribution is 5.79. The number of pyridine rings is 2. The van der Waals surface area contributed by atoms with Crippen molar-refractivity contribution in [2.45, 2.75) is 70.9 Å². The van der Waals surface area contributed by atoms with E-state index in [2.05, 4.69) is 52.6 Å². The van der Waals surface area contributed by atoms with E-state index in [1.807, 2.05) is 37.4 Å². The van der Waals surface area contributed by atoms with Crippen molar-refractivity contribution < 1.29 is 9.53 Å². The van der Waals surface area contributed by atoms with Crippen LogP contribution < -0.4 is 15.1 Å². The van der Waals surface area contributed by atoms with Crippen LogP contribution in [0.2, 0.25) is 0 Å². The lowest BCUT2D eigenvalue weighted by molar-refractivity contribution is -0.109. The van der Waals surface area contributed by atoms with Gasteiger partial charge in [0.25, 0.3) is 0 Å². The SMILES string of the molecule is C=Nc1c(N(C)Cc2ccncc2)nc(-c2cccc(C(CCNC=O)CCOC(C)(C)C)n2)nc1N1CCCCC1. The highest BCUT2D eigenvalue weighted by Gasteiger charge is 2.24. The van der Waals surface area contributed by atoms with Crippen LogP contribution in [-0.4, -0.2) is 72.0 Å². The summed E-state index contributed by atoms with van der Waals surface area (Å²) >= 11 is 0. The molecule has 0 aliphatic carbocycles. The fourth-order valence-corrected chi connectivity index (χ4v) is 5.18. The molecule has 10 nitrogen and oxygen atoms in total. The maximum absolute atomic E-state index is 10.9. The molecule has 4 heterocycles. The fraction of sp³-hybridized carbons (Fsp3) is 0.500. The van der Waals surface area contributed by atoms with Crippen LogP contribution in [0, 0.1) is 0 Å². The number of nitrogens with one attached hydrogen (secondary N) is 1. The summed E-state index contributed by atoms with van der Waals surface area (Å²) in [6.45, 7) is 13.7. The van der Waals surface area contributed by atoms with Gasteiger partial charge >= 0.3 is 0 Å². The van der Waals surface area contributed by atoms with Gasteiger partial charge in [-0.15, -0.1) is 0 Å². The molecule has 1 atom stereocenters. The van der Waals surface area contributed by atoms with E-state index in [0.29, 0.717) is 42.7 Å². The Bertz CT molecular complexity index is 1310. The minimum Gasteiger partial charge on any atom is -0.376 e. The zero-order valence-corrected chi connectivity index (χ0v) is 25.4. The number of aromatic nitrogens is 4. The minimum absolute atomic E-state index is 0.101. The smallest absolute Gasteiger partial charge is 0.207 e. The average Bonchev–Trinajstić information content (AvgIpc) is 3.00. The number of rotatable bonds is 14. The molecule has 0 aromatic carbocycles. The first-order valence-corrected chi connectivity index (χ1v) is 14.8. The summed E-state index contributed by atoms with van der Waals surface area (Å²) in [5.41, 5.74) is 3.21. The normalized spacial score (nSPS) is 14.3. The van der Waals surface area contributed by atoms with Gasteiger partial charge in [0, 0.05) is 63.8 Å². The Kier molecular flexibility index (Phi) is 10.9. The van der Waals surface area contributed by atoms with E-state index < -0.39 is 0 Å². The second kappa shape index (κ2) is 14.8. The number of piperidine rings is 1. The summed E-state index contributed by atoms with van der Waals surface area (Å²) < 4.78 is 6.03. The summed E-state index contributed by atoms with van der Waals surface area (Å²) in [7, 11) is 2.01. The zero-order chi connectivity index (χ0) is 30.0. The summed E-state index contributed by atoms with van der Waals surface area (Å²) in [5.74, 6) is 2.16. The molecule has 224 valence electrons. The standard InChI is InChI=1S/C32H44N8O2/c1-32(2,3)42-21-15-25(14-18-35-23-41)26-10-9-11-27(36-26)29-37-30(39(5)22-24-12-16-34-17-13-24)28(33-4)31(38-29)40-19-7-6-8-20-40/h9-13,16-17,23,25H,4,6-8,14-15,18-22H2,1-3,5H3,(H,35,41). The van der Waals surface area contributed by atoms with E-state index in [1.54, 1.807) is 12.4 Å². The Morgan fingerprint density at radius 1 is 1.10 bits per heavy atom. The van der Waals surface area contributed by atoms with Crippen LogP contribution in [-0.2, 0) is 16.1 Å². The van der Waals surface area contributed by atoms with Gasteiger partial charge in [-0.3, -0.25) is 14.8 Å². The first-order chi connectivity index (χ1) is 20.3. The van der Waals surface area contributed by atoms with Crippen molar-refractivity contribution in [3.63, 3.8) is 0 Å². The second-order valence-electron chi connectivity index (χ2n) is 11.7. The number of hydrogen-bond donors (Lipinski definition) is 1. The van der Waals surface area contributed by atoms with E-state index in [1.165, 1.54) is 6.42 Å².